The number of H-pyrrole nitrogens is 1. The van der Waals surface area contributed by atoms with Gasteiger partial charge < -0.3 is 23.8 Å². The van der Waals surface area contributed by atoms with Crippen LogP contribution in [0.5, 0.6) is 5.75 Å². The number of ether oxygens (including phenoxy) is 3. The number of carbonyl (C=O) groups is 1. The quantitative estimate of drug-likeness (QED) is 0.189. The van der Waals surface area contributed by atoms with Crippen molar-refractivity contribution in [1.82, 2.24) is 14.6 Å². The zero-order valence-corrected chi connectivity index (χ0v) is 22.3. The summed E-state index contributed by atoms with van der Waals surface area (Å²) in [6, 6.07) is 7.59. The van der Waals surface area contributed by atoms with Crippen LogP contribution in [-0.4, -0.2) is 70.4 Å². The molecule has 0 radical (unpaired) electrons. The van der Waals surface area contributed by atoms with E-state index in [9.17, 15) is 24.1 Å². The highest BCUT2D eigenvalue weighted by Gasteiger charge is 2.58. The Labute approximate surface area is 221 Å². The van der Waals surface area contributed by atoms with Crippen LogP contribution >= 0.6 is 19.3 Å². The van der Waals surface area contributed by atoms with Crippen LogP contribution in [0, 0.1) is 0 Å². The number of aromatic nitrogens is 2. The van der Waals surface area contributed by atoms with Gasteiger partial charge in [-0.2, -0.15) is 5.09 Å². The number of aliphatic hydroxyl groups excluding tert-OH is 1. The number of carbonyl (C=O) groups excluding carboxylic acids is 1. The molecular weight excluding hydrogens is 552 g/mol. The second-order valence-electron chi connectivity index (χ2n) is 8.41. The van der Waals surface area contributed by atoms with Crippen LogP contribution in [0.3, 0.4) is 0 Å². The van der Waals surface area contributed by atoms with Gasteiger partial charge in [0.2, 0.25) is 0 Å². The van der Waals surface area contributed by atoms with E-state index in [0.717, 1.165) is 12.3 Å². The Morgan fingerprint density at radius 2 is 2.00 bits per heavy atom. The van der Waals surface area contributed by atoms with Crippen molar-refractivity contribution in [1.29, 1.82) is 0 Å². The highest BCUT2D eigenvalue weighted by molar-refractivity contribution is 7.52. The summed E-state index contributed by atoms with van der Waals surface area (Å²) in [4.78, 5) is 37.8. The summed E-state index contributed by atoms with van der Waals surface area (Å²) in [6.45, 7) is 2.35. The highest BCUT2D eigenvalue weighted by Crippen LogP contribution is 2.48. The number of esters is 1. The topological polar surface area (TPSA) is 167 Å². The Morgan fingerprint density at radius 3 is 2.63 bits per heavy atom. The number of methoxy groups -OCH3 is 1. The molecule has 2 aromatic rings. The molecule has 210 valence electrons. The van der Waals surface area contributed by atoms with Gasteiger partial charge in [-0.1, -0.05) is 29.8 Å². The molecule has 13 nitrogen and oxygen atoms in total. The van der Waals surface area contributed by atoms with Crippen molar-refractivity contribution in [2.75, 3.05) is 20.3 Å². The molecular formula is C22H28ClFN3O10P. The van der Waals surface area contributed by atoms with Gasteiger partial charge in [-0.3, -0.25) is 23.7 Å². The van der Waals surface area contributed by atoms with E-state index in [0.29, 0.717) is 4.57 Å². The number of hydrogen-bond acceptors (Lipinski definition) is 10. The normalized spacial score (nSPS) is 26.3. The van der Waals surface area contributed by atoms with Gasteiger partial charge in [-0.15, -0.1) is 0 Å². The molecule has 1 aliphatic heterocycles. The number of para-hydroxylation sites is 1. The third-order valence-corrected chi connectivity index (χ3v) is 7.34. The van der Waals surface area contributed by atoms with Gasteiger partial charge in [-0.25, -0.2) is 13.8 Å². The Morgan fingerprint density at radius 1 is 1.32 bits per heavy atom. The predicted octanol–water partition coefficient (Wildman–Crippen LogP) is 1.46. The van der Waals surface area contributed by atoms with Gasteiger partial charge in [0.25, 0.3) is 10.7 Å². The van der Waals surface area contributed by atoms with Crippen LogP contribution in [0.25, 0.3) is 0 Å². The lowest BCUT2D eigenvalue weighted by molar-refractivity contribution is -0.152. The van der Waals surface area contributed by atoms with Gasteiger partial charge in [0, 0.05) is 19.4 Å². The van der Waals surface area contributed by atoms with Crippen molar-refractivity contribution in [2.24, 2.45) is 0 Å². The van der Waals surface area contributed by atoms with E-state index in [1.807, 2.05) is 4.98 Å². The monoisotopic (exact) mass is 579 g/mol. The standard InChI is InChI=1S/C22H28ClFN3O10P/c1-13(11-33-3)35-19(30)14(2)26-38(32,37-15-7-5-4-6-8-15)34-12-16-18(29)22(23,24)20(36-16)27-10-9-17(28)25-21(27)31/h4-10,13-14,16,18,20,29H,11-12H2,1-3H3,(H,26,32)(H,25,28,31)/t13-,14-,16+,18+,20?,22+,38?/m0/s1. The lowest BCUT2D eigenvalue weighted by atomic mass is 10.1. The molecule has 2 unspecified atom stereocenters. The van der Waals surface area contributed by atoms with Crippen LogP contribution < -0.4 is 20.9 Å². The minimum absolute atomic E-state index is 0.111. The molecule has 0 saturated carbocycles. The summed E-state index contributed by atoms with van der Waals surface area (Å²) in [5, 5.41) is 9.88. The molecule has 16 heteroatoms. The zero-order chi connectivity index (χ0) is 28.1. The fourth-order valence-electron chi connectivity index (χ4n) is 3.46. The average molecular weight is 580 g/mol. The first kappa shape index (κ1) is 30.0. The molecule has 3 rings (SSSR count). The third-order valence-electron chi connectivity index (χ3n) is 5.28. The summed E-state index contributed by atoms with van der Waals surface area (Å²) in [5.74, 6) is -0.673. The lowest BCUT2D eigenvalue weighted by Gasteiger charge is -2.25. The number of alkyl halides is 2. The molecule has 0 amide bonds. The Hall–Kier alpha value is -2.58. The van der Waals surface area contributed by atoms with Crippen molar-refractivity contribution in [3.05, 3.63) is 63.4 Å². The Balaban J connectivity index is 1.78. The molecule has 3 N–H and O–H groups in total. The van der Waals surface area contributed by atoms with Crippen molar-refractivity contribution in [3.63, 3.8) is 0 Å². The fourth-order valence-corrected chi connectivity index (χ4v) is 5.26. The van der Waals surface area contributed by atoms with Gasteiger partial charge in [0.15, 0.2) is 6.23 Å². The van der Waals surface area contributed by atoms with E-state index in [1.54, 1.807) is 25.1 Å². The predicted molar refractivity (Wildman–Crippen MR) is 132 cm³/mol. The molecule has 0 aliphatic carbocycles. The molecule has 7 atom stereocenters. The van der Waals surface area contributed by atoms with E-state index in [4.69, 9.17) is 34.9 Å². The molecule has 1 fully saturated rings. The van der Waals surface area contributed by atoms with E-state index < -0.39 is 67.3 Å². The minimum atomic E-state index is -4.39. The maximum atomic E-state index is 15.2. The number of nitrogens with zero attached hydrogens (tertiary/aromatic N) is 1. The zero-order valence-electron chi connectivity index (χ0n) is 20.6. The van der Waals surface area contributed by atoms with E-state index >= 15 is 4.39 Å². The molecule has 1 aliphatic rings. The summed E-state index contributed by atoms with van der Waals surface area (Å²) in [5.41, 5.74) is -1.77. The summed E-state index contributed by atoms with van der Waals surface area (Å²) in [6.07, 6.45) is -5.11. The largest absolute Gasteiger partial charge is 0.459 e. The molecule has 1 saturated heterocycles. The fraction of sp³-hybridized carbons (Fsp3) is 0.500. The van der Waals surface area contributed by atoms with E-state index in [-0.39, 0.29) is 12.4 Å². The number of benzene rings is 1. The molecule has 0 spiro atoms. The molecule has 0 bridgehead atoms. The first-order valence-electron chi connectivity index (χ1n) is 11.4. The second-order valence-corrected chi connectivity index (χ2v) is 10.7. The smallest absolute Gasteiger partial charge is 0.459 e. The van der Waals surface area contributed by atoms with E-state index in [1.165, 1.54) is 26.2 Å². The third kappa shape index (κ3) is 7.29. The molecule has 1 aromatic heterocycles. The van der Waals surface area contributed by atoms with Crippen LogP contribution in [0.4, 0.5) is 4.39 Å². The van der Waals surface area contributed by atoms with Crippen molar-refractivity contribution >= 4 is 25.3 Å². The summed E-state index contributed by atoms with van der Waals surface area (Å²) < 4.78 is 56.0. The minimum Gasteiger partial charge on any atom is -0.459 e. The van der Waals surface area contributed by atoms with Gasteiger partial charge in [0.1, 0.15) is 30.1 Å². The Bertz CT molecular complexity index is 1260. The van der Waals surface area contributed by atoms with Crippen LogP contribution in [0.1, 0.15) is 20.1 Å². The first-order chi connectivity index (χ1) is 17.9. The number of hydrogen-bond donors (Lipinski definition) is 3. The number of aliphatic hydroxyl groups is 1. The number of rotatable bonds is 12. The summed E-state index contributed by atoms with van der Waals surface area (Å²) >= 11 is 5.87. The maximum Gasteiger partial charge on any atom is 0.459 e. The van der Waals surface area contributed by atoms with Crippen LogP contribution in [-0.2, 0) is 28.1 Å². The number of aromatic amines is 1. The maximum absolute atomic E-state index is 15.2. The van der Waals surface area contributed by atoms with E-state index in [2.05, 4.69) is 5.09 Å². The van der Waals surface area contributed by atoms with Crippen molar-refractivity contribution in [2.45, 2.75) is 49.6 Å². The number of nitrogens with one attached hydrogen (secondary N) is 2. The second kappa shape index (κ2) is 12.5. The first-order valence-corrected chi connectivity index (χ1v) is 13.3. The lowest BCUT2D eigenvalue weighted by Crippen LogP contribution is -2.42. The molecule has 2 heterocycles. The SMILES string of the molecule is COC[C@H](C)OC(=O)[C@H](C)NP(=O)(OC[C@H]1OC(n2ccc(=O)[nH]c2=O)[C@@](F)(Cl)[C@@H]1O)Oc1ccccc1. The van der Waals surface area contributed by atoms with Crippen LogP contribution in [0.15, 0.2) is 52.2 Å². The summed E-state index contributed by atoms with van der Waals surface area (Å²) in [7, 11) is -2.96. The van der Waals surface area contributed by atoms with Crippen molar-refractivity contribution < 1.29 is 42.1 Å². The van der Waals surface area contributed by atoms with Crippen LogP contribution in [0.2, 0.25) is 0 Å². The molecule has 1 aromatic carbocycles. The van der Waals surface area contributed by atoms with Gasteiger partial charge in [-0.05, 0) is 26.0 Å². The Kier molecular flexibility index (Phi) is 9.87. The highest BCUT2D eigenvalue weighted by atomic mass is 35.5. The van der Waals surface area contributed by atoms with Gasteiger partial charge in [0.05, 0.1) is 13.2 Å². The average Bonchev–Trinajstić information content (AvgIpc) is 3.07. The van der Waals surface area contributed by atoms with Gasteiger partial charge >= 0.3 is 19.4 Å². The number of halogens is 2. The van der Waals surface area contributed by atoms with Crippen molar-refractivity contribution in [3.8, 4) is 5.75 Å². The molecule has 38 heavy (non-hydrogen) atoms.